The number of carbonyl (C=O) groups is 1. The topological polar surface area (TPSA) is 45.8 Å². The molecule has 0 aliphatic carbocycles. The number of carbonyl (C=O) groups excluding carboxylic acids is 1. The van der Waals surface area contributed by atoms with Crippen LogP contribution in [0.4, 0.5) is 0 Å². The molecule has 0 bridgehead atoms. The molecular formula is C20H14N2O. The first-order valence-corrected chi connectivity index (χ1v) is 7.43. The van der Waals surface area contributed by atoms with E-state index < -0.39 is 0 Å². The number of rotatable bonds is 3. The van der Waals surface area contributed by atoms with Gasteiger partial charge in [0.05, 0.1) is 0 Å². The Bertz CT molecular complexity index is 970. The predicted molar refractivity (Wildman–Crippen MR) is 92.4 cm³/mol. The zero-order valence-electron chi connectivity index (χ0n) is 12.4. The molecular weight excluding hydrogens is 284 g/mol. The summed E-state index contributed by atoms with van der Waals surface area (Å²) < 4.78 is 0. The van der Waals surface area contributed by atoms with Crippen LogP contribution in [0.25, 0.3) is 33.3 Å². The van der Waals surface area contributed by atoms with E-state index in [1.807, 2.05) is 54.9 Å². The molecule has 3 nitrogen and oxygen atoms in total. The lowest BCUT2D eigenvalue weighted by molar-refractivity contribution is 0.112. The molecule has 0 saturated carbocycles. The van der Waals surface area contributed by atoms with Gasteiger partial charge in [-0.25, -0.2) is 4.98 Å². The molecule has 2 heterocycles. The van der Waals surface area contributed by atoms with Gasteiger partial charge < -0.3 is 4.98 Å². The molecule has 0 saturated heterocycles. The Balaban J connectivity index is 1.85. The molecule has 23 heavy (non-hydrogen) atoms. The average molecular weight is 298 g/mol. The molecule has 4 rings (SSSR count). The van der Waals surface area contributed by atoms with Gasteiger partial charge in [-0.2, -0.15) is 0 Å². The molecule has 0 unspecified atom stereocenters. The Morgan fingerprint density at radius 2 is 1.65 bits per heavy atom. The number of benzene rings is 2. The van der Waals surface area contributed by atoms with Crippen molar-refractivity contribution in [3.63, 3.8) is 0 Å². The zero-order chi connectivity index (χ0) is 15.6. The summed E-state index contributed by atoms with van der Waals surface area (Å²) in [7, 11) is 0. The minimum atomic E-state index is 0.677. The van der Waals surface area contributed by atoms with Gasteiger partial charge in [0.2, 0.25) is 0 Å². The quantitative estimate of drug-likeness (QED) is 0.557. The maximum absolute atomic E-state index is 10.8. The second-order valence-electron chi connectivity index (χ2n) is 5.43. The largest absolute Gasteiger partial charge is 0.346 e. The summed E-state index contributed by atoms with van der Waals surface area (Å²) in [4.78, 5) is 18.5. The second kappa shape index (κ2) is 5.54. The molecule has 110 valence electrons. The molecule has 0 fully saturated rings. The lowest BCUT2D eigenvalue weighted by atomic mass is 10.0. The van der Waals surface area contributed by atoms with Gasteiger partial charge in [-0.15, -0.1) is 0 Å². The Hall–Kier alpha value is -3.20. The maximum atomic E-state index is 10.8. The number of hydrogen-bond donors (Lipinski definition) is 1. The van der Waals surface area contributed by atoms with Crippen LogP contribution in [0.1, 0.15) is 10.4 Å². The summed E-state index contributed by atoms with van der Waals surface area (Å²) in [6, 6.07) is 19.9. The number of aromatic nitrogens is 2. The molecule has 0 aliphatic rings. The molecule has 2 aromatic carbocycles. The molecule has 0 radical (unpaired) electrons. The second-order valence-corrected chi connectivity index (χ2v) is 5.43. The highest BCUT2D eigenvalue weighted by molar-refractivity contribution is 5.96. The van der Waals surface area contributed by atoms with Crippen LogP contribution in [-0.4, -0.2) is 16.3 Å². The summed E-state index contributed by atoms with van der Waals surface area (Å²) in [5.74, 6) is 0. The lowest BCUT2D eigenvalue weighted by Crippen LogP contribution is -1.83. The minimum Gasteiger partial charge on any atom is -0.346 e. The first-order valence-electron chi connectivity index (χ1n) is 7.43. The van der Waals surface area contributed by atoms with E-state index in [1.165, 1.54) is 0 Å². The van der Waals surface area contributed by atoms with Crippen molar-refractivity contribution in [1.29, 1.82) is 0 Å². The van der Waals surface area contributed by atoms with E-state index in [0.717, 1.165) is 39.6 Å². The first-order chi connectivity index (χ1) is 11.3. The number of aldehydes is 1. The van der Waals surface area contributed by atoms with Crippen molar-refractivity contribution in [2.45, 2.75) is 0 Å². The number of nitrogens with one attached hydrogen (secondary N) is 1. The third-order valence-electron chi connectivity index (χ3n) is 4.00. The van der Waals surface area contributed by atoms with Crippen molar-refractivity contribution in [3.8, 4) is 22.3 Å². The summed E-state index contributed by atoms with van der Waals surface area (Å²) in [5, 5.41) is 1.07. The molecule has 1 N–H and O–H groups in total. The van der Waals surface area contributed by atoms with E-state index in [1.54, 1.807) is 0 Å². The maximum Gasteiger partial charge on any atom is 0.150 e. The molecule has 0 aliphatic heterocycles. The van der Waals surface area contributed by atoms with Crippen molar-refractivity contribution in [2.75, 3.05) is 0 Å². The van der Waals surface area contributed by atoms with E-state index in [2.05, 4.69) is 28.2 Å². The fraction of sp³-hybridized carbons (Fsp3) is 0. The molecule has 3 heteroatoms. The number of hydrogen-bond acceptors (Lipinski definition) is 2. The van der Waals surface area contributed by atoms with Crippen LogP contribution in [0.5, 0.6) is 0 Å². The van der Waals surface area contributed by atoms with Crippen molar-refractivity contribution >= 4 is 17.3 Å². The van der Waals surface area contributed by atoms with Crippen molar-refractivity contribution in [2.24, 2.45) is 0 Å². The predicted octanol–water partition coefficient (Wildman–Crippen LogP) is 4.71. The van der Waals surface area contributed by atoms with Gasteiger partial charge in [0.15, 0.2) is 0 Å². The van der Waals surface area contributed by atoms with Gasteiger partial charge in [-0.3, -0.25) is 4.79 Å². The molecule has 4 aromatic rings. The lowest BCUT2D eigenvalue weighted by Gasteiger charge is -2.03. The fourth-order valence-corrected chi connectivity index (χ4v) is 2.77. The summed E-state index contributed by atoms with van der Waals surface area (Å²) in [6.07, 6.45) is 4.70. The highest BCUT2D eigenvalue weighted by atomic mass is 16.1. The van der Waals surface area contributed by atoms with E-state index in [0.29, 0.717) is 5.56 Å². The van der Waals surface area contributed by atoms with Crippen LogP contribution in [0.3, 0.4) is 0 Å². The monoisotopic (exact) mass is 298 g/mol. The Kier molecular flexibility index (Phi) is 3.24. The minimum absolute atomic E-state index is 0.677. The Morgan fingerprint density at radius 3 is 2.39 bits per heavy atom. The summed E-state index contributed by atoms with van der Waals surface area (Å²) in [6.45, 7) is 0. The average Bonchev–Trinajstić information content (AvgIpc) is 3.05. The van der Waals surface area contributed by atoms with Gasteiger partial charge >= 0.3 is 0 Å². The van der Waals surface area contributed by atoms with Crippen LogP contribution in [0.2, 0.25) is 0 Å². The highest BCUT2D eigenvalue weighted by Crippen LogP contribution is 2.30. The van der Waals surface area contributed by atoms with Gasteiger partial charge in [0.25, 0.3) is 0 Å². The normalized spacial score (nSPS) is 10.8. The van der Waals surface area contributed by atoms with Crippen molar-refractivity contribution in [1.82, 2.24) is 9.97 Å². The molecule has 0 spiro atoms. The number of aromatic amines is 1. The van der Waals surface area contributed by atoms with E-state index >= 15 is 0 Å². The van der Waals surface area contributed by atoms with Crippen molar-refractivity contribution in [3.05, 3.63) is 78.6 Å². The van der Waals surface area contributed by atoms with E-state index in [4.69, 9.17) is 0 Å². The van der Waals surface area contributed by atoms with Crippen molar-refractivity contribution < 1.29 is 4.79 Å². The number of nitrogens with zero attached hydrogens (tertiary/aromatic N) is 1. The van der Waals surface area contributed by atoms with Crippen LogP contribution in [-0.2, 0) is 0 Å². The summed E-state index contributed by atoms with van der Waals surface area (Å²) >= 11 is 0. The summed E-state index contributed by atoms with van der Waals surface area (Å²) in [5.41, 5.74) is 5.92. The van der Waals surface area contributed by atoms with Crippen LogP contribution in [0.15, 0.2) is 73.1 Å². The van der Waals surface area contributed by atoms with Gasteiger partial charge in [0.1, 0.15) is 11.9 Å². The SMILES string of the molecule is O=Cc1ccc(-c2c[nH]c3ncc(-c4ccccc4)cc23)cc1. The van der Waals surface area contributed by atoms with E-state index in [-0.39, 0.29) is 0 Å². The van der Waals surface area contributed by atoms with Gasteiger partial charge in [-0.05, 0) is 17.2 Å². The number of fused-ring (bicyclic) bond motifs is 1. The number of H-pyrrole nitrogens is 1. The van der Waals surface area contributed by atoms with Crippen LogP contribution in [0, 0.1) is 0 Å². The molecule has 2 aromatic heterocycles. The smallest absolute Gasteiger partial charge is 0.150 e. The number of pyridine rings is 1. The molecule has 0 atom stereocenters. The third-order valence-corrected chi connectivity index (χ3v) is 4.00. The Morgan fingerprint density at radius 1 is 0.870 bits per heavy atom. The highest BCUT2D eigenvalue weighted by Gasteiger charge is 2.09. The van der Waals surface area contributed by atoms with Gasteiger partial charge in [-0.1, -0.05) is 54.6 Å². The van der Waals surface area contributed by atoms with Crippen LogP contribution < -0.4 is 0 Å². The van der Waals surface area contributed by atoms with Crippen LogP contribution >= 0.6 is 0 Å². The third kappa shape index (κ3) is 2.42. The Labute approximate surface area is 133 Å². The fourth-order valence-electron chi connectivity index (χ4n) is 2.77. The van der Waals surface area contributed by atoms with Gasteiger partial charge in [0, 0.05) is 34.5 Å². The zero-order valence-corrected chi connectivity index (χ0v) is 12.4. The molecule has 0 amide bonds. The standard InChI is InChI=1S/C20H14N2O/c23-13-14-6-8-16(9-7-14)19-12-22-20-18(19)10-17(11-21-20)15-4-2-1-3-5-15/h1-13H,(H,21,22). The first kappa shape index (κ1) is 13.5. The van der Waals surface area contributed by atoms with E-state index in [9.17, 15) is 4.79 Å².